The molecule has 0 bridgehead atoms. The lowest BCUT2D eigenvalue weighted by Gasteiger charge is -2.17. The molecular formula is C16H22N4O2. The minimum Gasteiger partial charge on any atom is -0.357 e. The normalized spacial score (nSPS) is 21.5. The van der Waals surface area contributed by atoms with Gasteiger partial charge in [-0.05, 0) is 31.9 Å². The molecule has 0 unspecified atom stereocenters. The van der Waals surface area contributed by atoms with Gasteiger partial charge in [0.15, 0.2) is 0 Å². The van der Waals surface area contributed by atoms with Crippen LogP contribution in [0, 0.1) is 5.92 Å². The molecule has 1 aromatic heterocycles. The minimum atomic E-state index is -0.259. The topological polar surface area (TPSA) is 65.5 Å². The fourth-order valence-corrected chi connectivity index (χ4v) is 3.09. The maximum atomic E-state index is 12.2. The number of nitrogens with one attached hydrogen (secondary N) is 1. The molecule has 1 N–H and O–H groups in total. The summed E-state index contributed by atoms with van der Waals surface area (Å²) < 4.78 is 0. The number of hydrogen-bond donors (Lipinski definition) is 1. The lowest BCUT2D eigenvalue weighted by Crippen LogP contribution is -2.28. The summed E-state index contributed by atoms with van der Waals surface area (Å²) in [6.07, 6.45) is 4.42. The van der Waals surface area contributed by atoms with E-state index in [9.17, 15) is 9.59 Å². The van der Waals surface area contributed by atoms with Crippen LogP contribution in [0.2, 0.25) is 0 Å². The minimum absolute atomic E-state index is 0.0603. The molecule has 0 spiro atoms. The number of amides is 2. The number of likely N-dealkylation sites (tertiary alicyclic amines) is 1. The summed E-state index contributed by atoms with van der Waals surface area (Å²) in [5.74, 6) is 0.666. The van der Waals surface area contributed by atoms with Crippen LogP contribution < -0.4 is 10.2 Å². The zero-order chi connectivity index (χ0) is 15.5. The van der Waals surface area contributed by atoms with Crippen LogP contribution in [0.3, 0.4) is 0 Å². The molecule has 2 amide bonds. The summed E-state index contributed by atoms with van der Waals surface area (Å²) in [5, 5.41) is 2.87. The molecule has 2 saturated heterocycles. The maximum absolute atomic E-state index is 12.2. The maximum Gasteiger partial charge on any atom is 0.229 e. The predicted octanol–water partition coefficient (Wildman–Crippen LogP) is 1.49. The summed E-state index contributed by atoms with van der Waals surface area (Å²) in [7, 11) is 0. The number of nitrogens with zero attached hydrogens (tertiary/aromatic N) is 3. The lowest BCUT2D eigenvalue weighted by molar-refractivity contribution is -0.128. The number of carbonyl (C=O) groups is 2. The van der Waals surface area contributed by atoms with Gasteiger partial charge in [-0.1, -0.05) is 0 Å². The number of pyridine rings is 1. The first-order valence-corrected chi connectivity index (χ1v) is 7.97. The monoisotopic (exact) mass is 302 g/mol. The van der Waals surface area contributed by atoms with Crippen LogP contribution >= 0.6 is 0 Å². The third-order valence-electron chi connectivity index (χ3n) is 4.41. The van der Waals surface area contributed by atoms with Gasteiger partial charge in [-0.2, -0.15) is 0 Å². The van der Waals surface area contributed by atoms with Crippen molar-refractivity contribution < 1.29 is 9.59 Å². The summed E-state index contributed by atoms with van der Waals surface area (Å²) in [6.45, 7) is 5.21. The van der Waals surface area contributed by atoms with Gasteiger partial charge in [0, 0.05) is 32.6 Å². The Labute approximate surface area is 130 Å². The van der Waals surface area contributed by atoms with E-state index in [1.54, 1.807) is 11.1 Å². The molecule has 0 aromatic carbocycles. The van der Waals surface area contributed by atoms with E-state index in [0.717, 1.165) is 18.9 Å². The molecule has 1 aromatic rings. The van der Waals surface area contributed by atoms with Crippen LogP contribution in [-0.4, -0.2) is 47.9 Å². The van der Waals surface area contributed by atoms with Crippen LogP contribution in [0.5, 0.6) is 0 Å². The molecule has 1 atom stereocenters. The molecule has 6 heteroatoms. The van der Waals surface area contributed by atoms with Crippen molar-refractivity contribution >= 4 is 23.3 Å². The van der Waals surface area contributed by atoms with Crippen molar-refractivity contribution in [2.75, 3.05) is 36.4 Å². The van der Waals surface area contributed by atoms with Crippen molar-refractivity contribution in [2.45, 2.75) is 26.2 Å². The SMILES string of the molecule is CCN1C[C@H](C(=O)Nc2ccc(N3CCCC3)nc2)CC1=O. The highest BCUT2D eigenvalue weighted by Crippen LogP contribution is 2.21. The number of carbonyl (C=O) groups excluding carboxylic acids is 2. The zero-order valence-electron chi connectivity index (χ0n) is 12.9. The Morgan fingerprint density at radius 1 is 1.36 bits per heavy atom. The Balaban J connectivity index is 1.58. The van der Waals surface area contributed by atoms with Gasteiger partial charge in [-0.3, -0.25) is 9.59 Å². The first-order valence-electron chi connectivity index (χ1n) is 7.97. The lowest BCUT2D eigenvalue weighted by atomic mass is 10.1. The van der Waals surface area contributed by atoms with Crippen LogP contribution in [0.25, 0.3) is 0 Å². The Kier molecular flexibility index (Phi) is 4.27. The summed E-state index contributed by atoms with van der Waals surface area (Å²) >= 11 is 0. The fraction of sp³-hybridized carbons (Fsp3) is 0.562. The largest absolute Gasteiger partial charge is 0.357 e. The van der Waals surface area contributed by atoms with E-state index in [2.05, 4.69) is 15.2 Å². The fourth-order valence-electron chi connectivity index (χ4n) is 3.09. The molecule has 118 valence electrons. The molecule has 0 aliphatic carbocycles. The predicted molar refractivity (Wildman–Crippen MR) is 84.7 cm³/mol. The Morgan fingerprint density at radius 3 is 2.73 bits per heavy atom. The van der Waals surface area contributed by atoms with Gasteiger partial charge in [0.25, 0.3) is 0 Å². The quantitative estimate of drug-likeness (QED) is 0.915. The molecule has 22 heavy (non-hydrogen) atoms. The number of anilines is 2. The van der Waals surface area contributed by atoms with Gasteiger partial charge >= 0.3 is 0 Å². The highest BCUT2D eigenvalue weighted by Gasteiger charge is 2.33. The van der Waals surface area contributed by atoms with Crippen molar-refractivity contribution in [1.82, 2.24) is 9.88 Å². The number of aromatic nitrogens is 1. The molecule has 3 heterocycles. The van der Waals surface area contributed by atoms with Gasteiger partial charge < -0.3 is 15.1 Å². The molecular weight excluding hydrogens is 280 g/mol. The van der Waals surface area contributed by atoms with Crippen molar-refractivity contribution in [3.8, 4) is 0 Å². The summed E-state index contributed by atoms with van der Waals surface area (Å²) in [5.41, 5.74) is 0.690. The zero-order valence-corrected chi connectivity index (χ0v) is 12.9. The summed E-state index contributed by atoms with van der Waals surface area (Å²) in [6, 6.07) is 3.83. The van der Waals surface area contributed by atoms with Crippen LogP contribution in [0.15, 0.2) is 18.3 Å². The number of hydrogen-bond acceptors (Lipinski definition) is 4. The van der Waals surface area contributed by atoms with Crippen molar-refractivity contribution in [3.63, 3.8) is 0 Å². The van der Waals surface area contributed by atoms with E-state index in [-0.39, 0.29) is 17.7 Å². The number of rotatable bonds is 4. The molecule has 2 aliphatic heterocycles. The van der Waals surface area contributed by atoms with Gasteiger partial charge in [-0.15, -0.1) is 0 Å². The van der Waals surface area contributed by atoms with E-state index < -0.39 is 0 Å². The second-order valence-electron chi connectivity index (χ2n) is 5.92. The van der Waals surface area contributed by atoms with Crippen LogP contribution in [0.4, 0.5) is 11.5 Å². The molecule has 0 saturated carbocycles. The highest BCUT2D eigenvalue weighted by atomic mass is 16.2. The van der Waals surface area contributed by atoms with Crippen molar-refractivity contribution in [1.29, 1.82) is 0 Å². The molecule has 6 nitrogen and oxygen atoms in total. The van der Waals surface area contributed by atoms with Crippen molar-refractivity contribution in [3.05, 3.63) is 18.3 Å². The highest BCUT2D eigenvalue weighted by molar-refractivity contribution is 5.97. The van der Waals surface area contributed by atoms with Crippen LogP contribution in [0.1, 0.15) is 26.2 Å². The van der Waals surface area contributed by atoms with E-state index in [0.29, 0.717) is 25.2 Å². The van der Waals surface area contributed by atoms with Crippen molar-refractivity contribution in [2.24, 2.45) is 5.92 Å². The van der Waals surface area contributed by atoms with E-state index >= 15 is 0 Å². The third-order valence-corrected chi connectivity index (χ3v) is 4.41. The molecule has 2 aliphatic rings. The molecule has 0 radical (unpaired) electrons. The Bertz CT molecular complexity index is 552. The smallest absolute Gasteiger partial charge is 0.229 e. The average molecular weight is 302 g/mol. The molecule has 2 fully saturated rings. The second kappa shape index (κ2) is 6.34. The van der Waals surface area contributed by atoms with Gasteiger partial charge in [0.05, 0.1) is 17.8 Å². The Morgan fingerprint density at radius 2 is 2.14 bits per heavy atom. The second-order valence-corrected chi connectivity index (χ2v) is 5.92. The van der Waals surface area contributed by atoms with E-state index in [4.69, 9.17) is 0 Å². The molecule has 3 rings (SSSR count). The summed E-state index contributed by atoms with van der Waals surface area (Å²) in [4.78, 5) is 32.3. The average Bonchev–Trinajstić information content (AvgIpc) is 3.17. The standard InChI is InChI=1S/C16H22N4O2/c1-2-19-11-12(9-15(19)21)16(22)18-13-5-6-14(17-10-13)20-7-3-4-8-20/h5-6,10,12H,2-4,7-9,11H2,1H3,(H,18,22)/t12-/m1/s1. The van der Waals surface area contributed by atoms with Gasteiger partial charge in [0.2, 0.25) is 11.8 Å². The van der Waals surface area contributed by atoms with Gasteiger partial charge in [0.1, 0.15) is 5.82 Å². The van der Waals surface area contributed by atoms with E-state index in [1.807, 2.05) is 19.1 Å². The third kappa shape index (κ3) is 3.05. The van der Waals surface area contributed by atoms with E-state index in [1.165, 1.54) is 12.8 Å². The Hall–Kier alpha value is -2.11. The van der Waals surface area contributed by atoms with Crippen LogP contribution in [-0.2, 0) is 9.59 Å². The van der Waals surface area contributed by atoms with Gasteiger partial charge in [-0.25, -0.2) is 4.98 Å². The first kappa shape index (κ1) is 14.8. The first-order chi connectivity index (χ1) is 10.7.